The van der Waals surface area contributed by atoms with E-state index < -0.39 is 0 Å². The lowest BCUT2D eigenvalue weighted by Crippen LogP contribution is -2.35. The fraction of sp³-hybridized carbons (Fsp3) is 0.667. The Morgan fingerprint density at radius 2 is 2.16 bits per heavy atom. The van der Waals surface area contributed by atoms with Crippen molar-refractivity contribution in [3.8, 4) is 0 Å². The summed E-state index contributed by atoms with van der Waals surface area (Å²) >= 11 is 0. The van der Waals surface area contributed by atoms with Crippen molar-refractivity contribution >= 4 is 5.82 Å². The molecule has 0 aliphatic carbocycles. The number of aromatic nitrogens is 1. The molecule has 1 fully saturated rings. The topological polar surface area (TPSA) is 43.3 Å². The average molecular weight is 264 g/mol. The van der Waals surface area contributed by atoms with Gasteiger partial charge in [-0.25, -0.2) is 0 Å². The molecule has 4 nitrogen and oxygen atoms in total. The van der Waals surface area contributed by atoms with Gasteiger partial charge in [0, 0.05) is 32.2 Å². The number of anilines is 1. The third-order valence-corrected chi connectivity index (χ3v) is 3.80. The highest BCUT2D eigenvalue weighted by Gasteiger charge is 2.36. The lowest BCUT2D eigenvalue weighted by atomic mass is 9.81. The lowest BCUT2D eigenvalue weighted by Gasteiger charge is -2.31. The van der Waals surface area contributed by atoms with Crippen molar-refractivity contribution in [2.24, 2.45) is 18.4 Å². The second-order valence-corrected chi connectivity index (χ2v) is 6.40. The van der Waals surface area contributed by atoms with Crippen molar-refractivity contribution in [2.75, 3.05) is 18.5 Å². The van der Waals surface area contributed by atoms with E-state index >= 15 is 0 Å². The Hall–Kier alpha value is -1.29. The van der Waals surface area contributed by atoms with Crippen LogP contribution >= 0.6 is 0 Å². The summed E-state index contributed by atoms with van der Waals surface area (Å²) in [5.74, 6) is 1.36. The number of hydrogen-bond donors (Lipinski definition) is 1. The van der Waals surface area contributed by atoms with Crippen LogP contribution in [0.5, 0.6) is 0 Å². The van der Waals surface area contributed by atoms with E-state index in [4.69, 9.17) is 4.74 Å². The molecular weight excluding hydrogens is 240 g/mol. The molecule has 0 saturated carbocycles. The molecule has 1 aromatic heterocycles. The first-order valence-corrected chi connectivity index (χ1v) is 6.91. The van der Waals surface area contributed by atoms with Gasteiger partial charge in [-0.15, -0.1) is 0 Å². The van der Waals surface area contributed by atoms with Gasteiger partial charge < -0.3 is 10.1 Å². The standard InChI is InChI=1S/C15H24N2O2/c1-15(2,3)14-11(8-9-19-14)10-16-12-6-5-7-13(18)17(12)4/h5-7,11,14,16H,8-10H2,1-4H3/t11-,14+/m1/s1. The molecule has 106 valence electrons. The minimum atomic E-state index is 0.0139. The Labute approximate surface area is 114 Å². The molecular formula is C15H24N2O2. The molecule has 0 bridgehead atoms. The first-order chi connectivity index (χ1) is 8.89. The molecule has 2 heterocycles. The van der Waals surface area contributed by atoms with Crippen LogP contribution in [0.1, 0.15) is 27.2 Å². The predicted octanol–water partition coefficient (Wildman–Crippen LogP) is 2.25. The summed E-state index contributed by atoms with van der Waals surface area (Å²) in [5.41, 5.74) is 0.172. The van der Waals surface area contributed by atoms with Crippen LogP contribution in [-0.4, -0.2) is 23.8 Å². The van der Waals surface area contributed by atoms with Gasteiger partial charge >= 0.3 is 0 Å². The number of nitrogens with zero attached hydrogens (tertiary/aromatic N) is 1. The van der Waals surface area contributed by atoms with Crippen molar-refractivity contribution in [1.29, 1.82) is 0 Å². The molecule has 0 unspecified atom stereocenters. The fourth-order valence-electron chi connectivity index (χ4n) is 2.78. The van der Waals surface area contributed by atoms with Crippen molar-refractivity contribution < 1.29 is 4.74 Å². The quantitative estimate of drug-likeness (QED) is 0.910. The normalized spacial score (nSPS) is 23.6. The van der Waals surface area contributed by atoms with Crippen LogP contribution in [0, 0.1) is 11.3 Å². The van der Waals surface area contributed by atoms with Gasteiger partial charge in [0.15, 0.2) is 0 Å². The molecule has 2 rings (SSSR count). The highest BCUT2D eigenvalue weighted by molar-refractivity contribution is 5.35. The highest BCUT2D eigenvalue weighted by Crippen LogP contribution is 2.34. The molecule has 19 heavy (non-hydrogen) atoms. The number of hydrogen-bond acceptors (Lipinski definition) is 3. The van der Waals surface area contributed by atoms with E-state index in [-0.39, 0.29) is 17.1 Å². The molecule has 1 N–H and O–H groups in total. The number of pyridine rings is 1. The molecule has 1 saturated heterocycles. The molecule has 0 amide bonds. The molecule has 1 aliphatic heterocycles. The number of nitrogens with one attached hydrogen (secondary N) is 1. The van der Waals surface area contributed by atoms with Crippen molar-refractivity contribution in [3.63, 3.8) is 0 Å². The summed E-state index contributed by atoms with van der Waals surface area (Å²) in [6.07, 6.45) is 1.36. The van der Waals surface area contributed by atoms with E-state index in [9.17, 15) is 4.79 Å². The van der Waals surface area contributed by atoms with Crippen LogP contribution < -0.4 is 10.9 Å². The molecule has 0 radical (unpaired) electrons. The van der Waals surface area contributed by atoms with Gasteiger partial charge in [0.05, 0.1) is 6.10 Å². The molecule has 2 atom stereocenters. The molecule has 4 heteroatoms. The monoisotopic (exact) mass is 264 g/mol. The van der Waals surface area contributed by atoms with Gasteiger partial charge in [-0.3, -0.25) is 9.36 Å². The molecule has 0 spiro atoms. The summed E-state index contributed by atoms with van der Waals surface area (Å²) in [6.45, 7) is 8.33. The third kappa shape index (κ3) is 3.18. The summed E-state index contributed by atoms with van der Waals surface area (Å²) < 4.78 is 7.50. The Bertz CT molecular complexity index is 488. The van der Waals surface area contributed by atoms with Crippen LogP contribution in [0.4, 0.5) is 5.82 Å². The zero-order valence-corrected chi connectivity index (χ0v) is 12.3. The number of ether oxygens (including phenoxy) is 1. The SMILES string of the molecule is Cn1c(NC[C@H]2CCO[C@@H]2C(C)(C)C)cccc1=O. The summed E-state index contributed by atoms with van der Waals surface area (Å²) in [4.78, 5) is 11.6. The van der Waals surface area contributed by atoms with E-state index in [1.165, 1.54) is 0 Å². The maximum absolute atomic E-state index is 11.6. The average Bonchev–Trinajstić information content (AvgIpc) is 2.79. The minimum Gasteiger partial charge on any atom is -0.377 e. The predicted molar refractivity (Wildman–Crippen MR) is 77.5 cm³/mol. The smallest absolute Gasteiger partial charge is 0.251 e. The Balaban J connectivity index is 2.02. The Morgan fingerprint density at radius 3 is 2.84 bits per heavy atom. The van der Waals surface area contributed by atoms with Gasteiger partial charge in [0.1, 0.15) is 5.82 Å². The zero-order chi connectivity index (χ0) is 14.0. The van der Waals surface area contributed by atoms with Crippen molar-refractivity contribution in [3.05, 3.63) is 28.6 Å². The summed E-state index contributed by atoms with van der Waals surface area (Å²) in [7, 11) is 1.79. The second-order valence-electron chi connectivity index (χ2n) is 6.40. The third-order valence-electron chi connectivity index (χ3n) is 3.80. The molecule has 1 aromatic rings. The van der Waals surface area contributed by atoms with Gasteiger partial charge in [-0.2, -0.15) is 0 Å². The fourth-order valence-corrected chi connectivity index (χ4v) is 2.78. The maximum Gasteiger partial charge on any atom is 0.251 e. The van der Waals surface area contributed by atoms with E-state index in [0.717, 1.165) is 25.4 Å². The molecule has 1 aliphatic rings. The van der Waals surface area contributed by atoms with Gasteiger partial charge in [0.2, 0.25) is 0 Å². The van der Waals surface area contributed by atoms with Crippen LogP contribution in [0.25, 0.3) is 0 Å². The van der Waals surface area contributed by atoms with Crippen LogP contribution in [0.3, 0.4) is 0 Å². The second kappa shape index (κ2) is 5.37. The van der Waals surface area contributed by atoms with Crippen LogP contribution in [-0.2, 0) is 11.8 Å². The summed E-state index contributed by atoms with van der Waals surface area (Å²) in [5, 5.41) is 3.38. The highest BCUT2D eigenvalue weighted by atomic mass is 16.5. The molecule has 0 aromatic carbocycles. The van der Waals surface area contributed by atoms with Gasteiger partial charge in [0.25, 0.3) is 5.56 Å². The zero-order valence-electron chi connectivity index (χ0n) is 12.3. The first kappa shape index (κ1) is 14.1. The van der Waals surface area contributed by atoms with Crippen LogP contribution in [0.15, 0.2) is 23.0 Å². The van der Waals surface area contributed by atoms with Crippen LogP contribution in [0.2, 0.25) is 0 Å². The van der Waals surface area contributed by atoms with Crippen molar-refractivity contribution in [2.45, 2.75) is 33.3 Å². The van der Waals surface area contributed by atoms with E-state index in [1.807, 2.05) is 6.07 Å². The largest absolute Gasteiger partial charge is 0.377 e. The lowest BCUT2D eigenvalue weighted by molar-refractivity contribution is 0.00955. The number of rotatable bonds is 3. The maximum atomic E-state index is 11.6. The minimum absolute atomic E-state index is 0.0139. The summed E-state index contributed by atoms with van der Waals surface area (Å²) in [6, 6.07) is 5.29. The van der Waals surface area contributed by atoms with E-state index in [2.05, 4.69) is 26.1 Å². The Kier molecular flexibility index (Phi) is 3.99. The first-order valence-electron chi connectivity index (χ1n) is 6.91. The van der Waals surface area contributed by atoms with Gasteiger partial charge in [-0.05, 0) is 17.9 Å². The van der Waals surface area contributed by atoms with Crippen molar-refractivity contribution in [1.82, 2.24) is 4.57 Å². The van der Waals surface area contributed by atoms with E-state index in [1.54, 1.807) is 23.7 Å². The Morgan fingerprint density at radius 1 is 1.42 bits per heavy atom. The van der Waals surface area contributed by atoms with E-state index in [0.29, 0.717) is 5.92 Å². The van der Waals surface area contributed by atoms with Gasteiger partial charge in [-0.1, -0.05) is 26.8 Å².